The number of carbonyl (C=O) groups is 2. The Labute approximate surface area is 152 Å². The molecule has 2 aromatic carbocycles. The van der Waals surface area contributed by atoms with Crippen LogP contribution in [-0.2, 0) is 4.79 Å². The summed E-state index contributed by atoms with van der Waals surface area (Å²) in [6.45, 7) is 5.84. The molecule has 1 aliphatic heterocycles. The third kappa shape index (κ3) is 3.61. The van der Waals surface area contributed by atoms with Gasteiger partial charge in [-0.25, -0.2) is 0 Å². The van der Waals surface area contributed by atoms with Gasteiger partial charge in [-0.05, 0) is 41.7 Å². The predicted molar refractivity (Wildman–Crippen MR) is 99.3 cm³/mol. The zero-order chi connectivity index (χ0) is 18.8. The van der Waals surface area contributed by atoms with Crippen LogP contribution >= 0.6 is 0 Å². The first kappa shape index (κ1) is 17.7. The molecule has 0 spiro atoms. The van der Waals surface area contributed by atoms with Gasteiger partial charge in [0.15, 0.2) is 12.4 Å². The largest absolute Gasteiger partial charge is 0.484 e. The van der Waals surface area contributed by atoms with E-state index in [-0.39, 0.29) is 18.1 Å². The van der Waals surface area contributed by atoms with E-state index >= 15 is 0 Å². The van der Waals surface area contributed by atoms with Crippen LogP contribution < -0.4 is 15.2 Å². The Kier molecular flexibility index (Phi) is 4.80. The second kappa shape index (κ2) is 7.04. The molecule has 1 heterocycles. The molecule has 0 bridgehead atoms. The molecule has 0 radical (unpaired) electrons. The third-order valence-electron chi connectivity index (χ3n) is 4.23. The Morgan fingerprint density at radius 3 is 2.54 bits per heavy atom. The molecule has 134 valence electrons. The summed E-state index contributed by atoms with van der Waals surface area (Å²) in [5, 5.41) is 0. The molecule has 5 nitrogen and oxygen atoms in total. The average Bonchev–Trinajstić information content (AvgIpc) is 2.89. The molecule has 26 heavy (non-hydrogen) atoms. The first-order valence-corrected chi connectivity index (χ1v) is 8.45. The molecule has 1 amide bonds. The van der Waals surface area contributed by atoms with E-state index in [1.807, 2.05) is 24.3 Å². The lowest BCUT2D eigenvalue weighted by Gasteiger charge is -2.07. The first-order chi connectivity index (χ1) is 12.3. The van der Waals surface area contributed by atoms with Crippen LogP contribution in [0, 0.1) is 6.92 Å². The van der Waals surface area contributed by atoms with E-state index in [1.165, 1.54) is 5.56 Å². The van der Waals surface area contributed by atoms with Gasteiger partial charge in [0.25, 0.3) is 5.91 Å². The minimum Gasteiger partial charge on any atom is -0.484 e. The Morgan fingerprint density at radius 2 is 1.92 bits per heavy atom. The lowest BCUT2D eigenvalue weighted by molar-refractivity contribution is -0.119. The number of nitrogens with two attached hydrogens (primary N) is 1. The first-order valence-electron chi connectivity index (χ1n) is 8.45. The van der Waals surface area contributed by atoms with Crippen molar-refractivity contribution >= 4 is 17.8 Å². The molecule has 0 unspecified atom stereocenters. The number of carbonyl (C=O) groups excluding carboxylic acids is 2. The fraction of sp³-hybridized carbons (Fsp3) is 0.238. The summed E-state index contributed by atoms with van der Waals surface area (Å²) in [4.78, 5) is 23.5. The highest BCUT2D eigenvalue weighted by molar-refractivity contribution is 6.15. The number of Topliss-reactive ketones (excluding diaryl/α,β-unsaturated/α-hetero) is 1. The summed E-state index contributed by atoms with van der Waals surface area (Å²) < 4.78 is 11.1. The summed E-state index contributed by atoms with van der Waals surface area (Å²) in [6, 6.07) is 11.3. The molecule has 2 N–H and O–H groups in total. The van der Waals surface area contributed by atoms with Crippen LogP contribution in [0.2, 0.25) is 0 Å². The SMILES string of the molecule is Cc1cc(OCC(N)=O)cc2c1C(=O)/C(=C/c1ccc(C(C)C)cc1)O2. The van der Waals surface area contributed by atoms with Crippen LogP contribution in [0.15, 0.2) is 42.2 Å². The van der Waals surface area contributed by atoms with Crippen molar-refractivity contribution in [2.75, 3.05) is 6.61 Å². The zero-order valence-corrected chi connectivity index (χ0v) is 15.0. The normalized spacial score (nSPS) is 14.5. The lowest BCUT2D eigenvalue weighted by Crippen LogP contribution is -2.20. The summed E-state index contributed by atoms with van der Waals surface area (Å²) in [5.74, 6) is 0.867. The highest BCUT2D eigenvalue weighted by Gasteiger charge is 2.30. The van der Waals surface area contributed by atoms with Gasteiger partial charge in [0.1, 0.15) is 11.5 Å². The van der Waals surface area contributed by atoms with Gasteiger partial charge in [0.2, 0.25) is 5.78 Å². The topological polar surface area (TPSA) is 78.6 Å². The number of fused-ring (bicyclic) bond motifs is 1. The van der Waals surface area contributed by atoms with Crippen LogP contribution in [0.4, 0.5) is 0 Å². The summed E-state index contributed by atoms with van der Waals surface area (Å²) >= 11 is 0. The van der Waals surface area contributed by atoms with Gasteiger partial charge in [-0.3, -0.25) is 9.59 Å². The lowest BCUT2D eigenvalue weighted by atomic mass is 10.0. The summed E-state index contributed by atoms with van der Waals surface area (Å²) in [7, 11) is 0. The van der Waals surface area contributed by atoms with Gasteiger partial charge >= 0.3 is 0 Å². The molecule has 1 aliphatic rings. The molecule has 2 aromatic rings. The van der Waals surface area contributed by atoms with E-state index in [9.17, 15) is 9.59 Å². The second-order valence-electron chi connectivity index (χ2n) is 6.63. The van der Waals surface area contributed by atoms with Crippen molar-refractivity contribution in [3.8, 4) is 11.5 Å². The number of primary amides is 1. The average molecular weight is 351 g/mol. The van der Waals surface area contributed by atoms with Gasteiger partial charge < -0.3 is 15.2 Å². The van der Waals surface area contributed by atoms with E-state index < -0.39 is 5.91 Å². The van der Waals surface area contributed by atoms with Crippen molar-refractivity contribution in [3.05, 3.63) is 64.4 Å². The Balaban J connectivity index is 1.86. The molecule has 0 saturated carbocycles. The molecule has 0 aliphatic carbocycles. The monoisotopic (exact) mass is 351 g/mol. The van der Waals surface area contributed by atoms with Crippen LogP contribution in [0.25, 0.3) is 6.08 Å². The van der Waals surface area contributed by atoms with Crippen molar-refractivity contribution in [3.63, 3.8) is 0 Å². The van der Waals surface area contributed by atoms with Crippen LogP contribution in [0.3, 0.4) is 0 Å². The van der Waals surface area contributed by atoms with E-state index in [0.717, 1.165) is 11.1 Å². The summed E-state index contributed by atoms with van der Waals surface area (Å²) in [5.41, 5.74) is 8.47. The molecule has 0 saturated heterocycles. The number of rotatable bonds is 5. The van der Waals surface area contributed by atoms with Gasteiger partial charge in [-0.2, -0.15) is 0 Å². The molecular weight excluding hydrogens is 330 g/mol. The van der Waals surface area contributed by atoms with Crippen molar-refractivity contribution in [2.24, 2.45) is 5.73 Å². The Bertz CT molecular complexity index is 895. The minimum atomic E-state index is -0.564. The van der Waals surface area contributed by atoms with Crippen LogP contribution in [-0.4, -0.2) is 18.3 Å². The Hall–Kier alpha value is -3.08. The second-order valence-corrected chi connectivity index (χ2v) is 6.63. The number of amides is 1. The van der Waals surface area contributed by atoms with Gasteiger partial charge in [-0.15, -0.1) is 0 Å². The van der Waals surface area contributed by atoms with Crippen molar-refractivity contribution in [1.82, 2.24) is 0 Å². The van der Waals surface area contributed by atoms with Crippen LogP contribution in [0.5, 0.6) is 11.5 Å². The fourth-order valence-electron chi connectivity index (χ4n) is 2.84. The molecule has 0 aromatic heterocycles. The van der Waals surface area contributed by atoms with Gasteiger partial charge in [0, 0.05) is 6.07 Å². The number of ketones is 1. The van der Waals surface area contributed by atoms with Gasteiger partial charge in [-0.1, -0.05) is 38.1 Å². The highest BCUT2D eigenvalue weighted by atomic mass is 16.5. The molecular formula is C21H21NO4. The number of benzene rings is 2. The summed E-state index contributed by atoms with van der Waals surface area (Å²) in [6.07, 6.45) is 1.73. The quantitative estimate of drug-likeness (QED) is 0.835. The minimum absolute atomic E-state index is 0.160. The third-order valence-corrected chi connectivity index (χ3v) is 4.23. The zero-order valence-electron chi connectivity index (χ0n) is 15.0. The smallest absolute Gasteiger partial charge is 0.255 e. The van der Waals surface area contributed by atoms with Crippen molar-refractivity contribution in [2.45, 2.75) is 26.7 Å². The standard InChI is InChI=1S/C21H21NO4/c1-12(2)15-6-4-14(5-7-15)9-18-21(24)20-13(3)8-16(10-17(20)26-18)25-11-19(22)23/h4-10,12H,11H2,1-3H3,(H2,22,23)/b18-9-. The number of hydrogen-bond acceptors (Lipinski definition) is 4. The predicted octanol–water partition coefficient (Wildman–Crippen LogP) is 3.60. The number of aryl methyl sites for hydroxylation is 1. The maximum absolute atomic E-state index is 12.7. The number of hydrogen-bond donors (Lipinski definition) is 1. The van der Waals surface area contributed by atoms with E-state index in [4.69, 9.17) is 15.2 Å². The van der Waals surface area contributed by atoms with Gasteiger partial charge in [0.05, 0.1) is 5.56 Å². The molecule has 5 heteroatoms. The number of allylic oxidation sites excluding steroid dienone is 1. The molecule has 0 fully saturated rings. The van der Waals surface area contributed by atoms with E-state index in [2.05, 4.69) is 13.8 Å². The van der Waals surface area contributed by atoms with Crippen molar-refractivity contribution < 1.29 is 19.1 Å². The van der Waals surface area contributed by atoms with Crippen molar-refractivity contribution in [1.29, 1.82) is 0 Å². The highest BCUT2D eigenvalue weighted by Crippen LogP contribution is 2.37. The molecule has 3 rings (SSSR count). The molecule has 0 atom stereocenters. The maximum Gasteiger partial charge on any atom is 0.255 e. The Morgan fingerprint density at radius 1 is 1.23 bits per heavy atom. The van der Waals surface area contributed by atoms with E-state index in [0.29, 0.717) is 23.0 Å². The number of ether oxygens (including phenoxy) is 2. The fourth-order valence-corrected chi connectivity index (χ4v) is 2.84. The van der Waals surface area contributed by atoms with Crippen LogP contribution in [0.1, 0.15) is 46.8 Å². The van der Waals surface area contributed by atoms with E-state index in [1.54, 1.807) is 25.1 Å². The maximum atomic E-state index is 12.7.